The number of carbonyl (C=O) groups is 1. The summed E-state index contributed by atoms with van der Waals surface area (Å²) in [7, 11) is 0. The van der Waals surface area contributed by atoms with Crippen molar-refractivity contribution in [3.05, 3.63) is 10.6 Å². The molecule has 0 aromatic carbocycles. The molecule has 0 radical (unpaired) electrons. The highest BCUT2D eigenvalue weighted by Gasteiger charge is 2.38. The molecule has 0 aliphatic heterocycles. The van der Waals surface area contributed by atoms with Crippen LogP contribution in [0.4, 0.5) is 0 Å². The average molecular weight is 249 g/mol. The minimum absolute atomic E-state index is 0.312. The molecule has 0 saturated heterocycles. The van der Waals surface area contributed by atoms with Crippen LogP contribution in [0.5, 0.6) is 0 Å². The van der Waals surface area contributed by atoms with Gasteiger partial charge >= 0.3 is 5.97 Å². The molecule has 13 heavy (non-hydrogen) atoms. The van der Waals surface area contributed by atoms with E-state index in [1.807, 2.05) is 6.08 Å². The standard InChI is InChI=1S/C9H13BrO3/c1-2-13-8(11)9(12)5-3-7(10)4-6-9/h3,12H,2,4-6H2,1H3. The summed E-state index contributed by atoms with van der Waals surface area (Å²) in [4.78, 5) is 11.3. The van der Waals surface area contributed by atoms with Crippen molar-refractivity contribution in [2.45, 2.75) is 31.8 Å². The fourth-order valence-corrected chi connectivity index (χ4v) is 1.62. The van der Waals surface area contributed by atoms with Gasteiger partial charge in [-0.25, -0.2) is 4.79 Å². The Morgan fingerprint density at radius 1 is 1.85 bits per heavy atom. The van der Waals surface area contributed by atoms with E-state index in [-0.39, 0.29) is 0 Å². The lowest BCUT2D eigenvalue weighted by atomic mass is 9.89. The Bertz CT molecular complexity index is 237. The Balaban J connectivity index is 2.62. The fraction of sp³-hybridized carbons (Fsp3) is 0.667. The van der Waals surface area contributed by atoms with Crippen LogP contribution in [0.1, 0.15) is 26.2 Å². The molecular weight excluding hydrogens is 236 g/mol. The van der Waals surface area contributed by atoms with Crippen molar-refractivity contribution < 1.29 is 14.6 Å². The molecule has 1 aliphatic carbocycles. The van der Waals surface area contributed by atoms with Crippen LogP contribution in [-0.4, -0.2) is 23.3 Å². The maximum atomic E-state index is 11.3. The van der Waals surface area contributed by atoms with E-state index >= 15 is 0 Å². The van der Waals surface area contributed by atoms with E-state index in [0.29, 0.717) is 25.9 Å². The molecule has 0 spiro atoms. The monoisotopic (exact) mass is 248 g/mol. The Kier molecular flexibility index (Phi) is 3.50. The third-order valence-electron chi connectivity index (χ3n) is 2.09. The van der Waals surface area contributed by atoms with Crippen LogP contribution >= 0.6 is 15.9 Å². The van der Waals surface area contributed by atoms with Gasteiger partial charge in [-0.3, -0.25) is 0 Å². The summed E-state index contributed by atoms with van der Waals surface area (Å²) >= 11 is 3.33. The molecule has 0 bridgehead atoms. The van der Waals surface area contributed by atoms with Crippen molar-refractivity contribution in [2.75, 3.05) is 6.61 Å². The lowest BCUT2D eigenvalue weighted by Gasteiger charge is -2.27. The fourth-order valence-electron chi connectivity index (χ4n) is 1.26. The number of hydrogen-bond acceptors (Lipinski definition) is 3. The number of hydrogen-bond donors (Lipinski definition) is 1. The maximum Gasteiger partial charge on any atom is 0.338 e. The molecule has 0 amide bonds. The first-order chi connectivity index (χ1) is 6.08. The third kappa shape index (κ3) is 2.54. The van der Waals surface area contributed by atoms with E-state index in [4.69, 9.17) is 4.74 Å². The van der Waals surface area contributed by atoms with E-state index in [1.165, 1.54) is 0 Å². The van der Waals surface area contributed by atoms with E-state index in [1.54, 1.807) is 6.92 Å². The highest BCUT2D eigenvalue weighted by Crippen LogP contribution is 2.31. The number of ether oxygens (including phenoxy) is 1. The van der Waals surface area contributed by atoms with Crippen LogP contribution in [0.15, 0.2) is 10.6 Å². The summed E-state index contributed by atoms with van der Waals surface area (Å²) in [6, 6.07) is 0. The van der Waals surface area contributed by atoms with Crippen molar-refractivity contribution >= 4 is 21.9 Å². The van der Waals surface area contributed by atoms with Gasteiger partial charge < -0.3 is 9.84 Å². The summed E-state index contributed by atoms with van der Waals surface area (Å²) in [5, 5.41) is 9.85. The lowest BCUT2D eigenvalue weighted by Crippen LogP contribution is -2.41. The molecule has 0 saturated carbocycles. The van der Waals surface area contributed by atoms with Crippen molar-refractivity contribution in [2.24, 2.45) is 0 Å². The molecule has 0 heterocycles. The topological polar surface area (TPSA) is 46.5 Å². The smallest absolute Gasteiger partial charge is 0.338 e. The first-order valence-electron chi connectivity index (χ1n) is 4.32. The van der Waals surface area contributed by atoms with Crippen LogP contribution in [0, 0.1) is 0 Å². The molecule has 1 aliphatic rings. The van der Waals surface area contributed by atoms with Crippen molar-refractivity contribution in [3.8, 4) is 0 Å². The van der Waals surface area contributed by atoms with E-state index in [9.17, 15) is 9.90 Å². The van der Waals surface area contributed by atoms with Gasteiger partial charge in [0.25, 0.3) is 0 Å². The lowest BCUT2D eigenvalue weighted by molar-refractivity contribution is -0.165. The van der Waals surface area contributed by atoms with Gasteiger partial charge in [-0.15, -0.1) is 0 Å². The van der Waals surface area contributed by atoms with Crippen molar-refractivity contribution in [1.82, 2.24) is 0 Å². The van der Waals surface area contributed by atoms with Crippen LogP contribution in [-0.2, 0) is 9.53 Å². The van der Waals surface area contributed by atoms with Gasteiger partial charge in [0.2, 0.25) is 0 Å². The Labute approximate surface area is 85.9 Å². The summed E-state index contributed by atoms with van der Waals surface area (Å²) < 4.78 is 5.83. The van der Waals surface area contributed by atoms with Gasteiger partial charge in [-0.2, -0.15) is 0 Å². The quantitative estimate of drug-likeness (QED) is 0.758. The predicted octanol–water partition coefficient (Wildman–Crippen LogP) is 1.74. The minimum atomic E-state index is -1.30. The average Bonchev–Trinajstić information content (AvgIpc) is 2.11. The summed E-state index contributed by atoms with van der Waals surface area (Å²) in [6.45, 7) is 2.04. The number of carbonyl (C=O) groups excluding carboxylic acids is 1. The van der Waals surface area contributed by atoms with E-state index in [0.717, 1.165) is 4.48 Å². The molecule has 74 valence electrons. The van der Waals surface area contributed by atoms with Crippen LogP contribution < -0.4 is 0 Å². The van der Waals surface area contributed by atoms with Gasteiger partial charge in [0.05, 0.1) is 6.61 Å². The Morgan fingerprint density at radius 3 is 3.00 bits per heavy atom. The van der Waals surface area contributed by atoms with Crippen LogP contribution in [0.3, 0.4) is 0 Å². The molecule has 0 fully saturated rings. The number of allylic oxidation sites excluding steroid dienone is 1. The van der Waals surface area contributed by atoms with Crippen molar-refractivity contribution in [3.63, 3.8) is 0 Å². The molecule has 1 atom stereocenters. The molecule has 1 rings (SSSR count). The second kappa shape index (κ2) is 4.24. The number of halogens is 1. The minimum Gasteiger partial charge on any atom is -0.464 e. The predicted molar refractivity (Wildman–Crippen MR) is 52.4 cm³/mol. The largest absolute Gasteiger partial charge is 0.464 e. The summed E-state index contributed by atoms with van der Waals surface area (Å²) in [6.07, 6.45) is 3.28. The van der Waals surface area contributed by atoms with E-state index < -0.39 is 11.6 Å². The van der Waals surface area contributed by atoms with Gasteiger partial charge in [0.1, 0.15) is 0 Å². The molecular formula is C9H13BrO3. The van der Waals surface area contributed by atoms with Gasteiger partial charge in [-0.05, 0) is 24.2 Å². The second-order valence-corrected chi connectivity index (χ2v) is 4.13. The van der Waals surface area contributed by atoms with Crippen LogP contribution in [0.2, 0.25) is 0 Å². The number of esters is 1. The maximum absolute atomic E-state index is 11.3. The molecule has 4 heteroatoms. The zero-order chi connectivity index (χ0) is 9.90. The summed E-state index contributed by atoms with van der Waals surface area (Å²) in [5.41, 5.74) is -1.30. The molecule has 0 aromatic rings. The summed E-state index contributed by atoms with van der Waals surface area (Å²) in [5.74, 6) is -0.508. The second-order valence-electron chi connectivity index (χ2n) is 3.11. The molecule has 1 N–H and O–H groups in total. The van der Waals surface area contributed by atoms with E-state index in [2.05, 4.69) is 15.9 Å². The van der Waals surface area contributed by atoms with Crippen LogP contribution in [0.25, 0.3) is 0 Å². The zero-order valence-electron chi connectivity index (χ0n) is 7.55. The normalized spacial score (nSPS) is 28.1. The molecule has 3 nitrogen and oxygen atoms in total. The van der Waals surface area contributed by atoms with Gasteiger partial charge in [-0.1, -0.05) is 22.0 Å². The SMILES string of the molecule is CCOC(=O)C1(O)CC=C(Br)CC1. The molecule has 1 unspecified atom stereocenters. The zero-order valence-corrected chi connectivity index (χ0v) is 9.13. The first kappa shape index (κ1) is 10.7. The Morgan fingerprint density at radius 2 is 2.54 bits per heavy atom. The highest BCUT2D eigenvalue weighted by atomic mass is 79.9. The highest BCUT2D eigenvalue weighted by molar-refractivity contribution is 9.11. The first-order valence-corrected chi connectivity index (χ1v) is 5.12. The number of aliphatic hydroxyl groups is 1. The number of rotatable bonds is 2. The Hall–Kier alpha value is -0.350. The van der Waals surface area contributed by atoms with Gasteiger partial charge in [0, 0.05) is 6.42 Å². The third-order valence-corrected chi connectivity index (χ3v) is 2.81. The van der Waals surface area contributed by atoms with Crippen molar-refractivity contribution in [1.29, 1.82) is 0 Å². The van der Waals surface area contributed by atoms with Gasteiger partial charge in [0.15, 0.2) is 5.60 Å². The molecule has 0 aromatic heterocycles.